The number of nitrogens with one attached hydrogen (secondary N) is 1. The molecule has 62 heavy (non-hydrogen) atoms. The number of aromatic amines is 1. The largest absolute Gasteiger partial charge is 0.465 e. The average molecular weight is 859 g/mol. The fourth-order valence-electron chi connectivity index (χ4n) is 15.5. The Kier molecular flexibility index (Phi) is 11.7. The maximum atomic E-state index is 14.3. The van der Waals surface area contributed by atoms with Crippen molar-refractivity contribution < 1.29 is 39.9 Å². The molecular formula is C50H74N4O8. The van der Waals surface area contributed by atoms with Gasteiger partial charge in [0.15, 0.2) is 11.7 Å². The Labute approximate surface area is 368 Å². The topological polar surface area (TPSA) is 225 Å². The van der Waals surface area contributed by atoms with Crippen LogP contribution < -0.4 is 11.5 Å². The van der Waals surface area contributed by atoms with Gasteiger partial charge in [-0.05, 0) is 141 Å². The van der Waals surface area contributed by atoms with Crippen LogP contribution in [0.2, 0.25) is 0 Å². The van der Waals surface area contributed by atoms with Gasteiger partial charge in [-0.1, -0.05) is 47.0 Å². The van der Waals surface area contributed by atoms with Crippen LogP contribution >= 0.6 is 0 Å². The molecule has 2 bridgehead atoms. The smallest absolute Gasteiger partial charge is 0.313 e. The molecule has 7 aliphatic rings. The number of nitrogens with zero attached hydrogens (tertiary/aromatic N) is 1. The molecule has 1 aromatic rings. The van der Waals surface area contributed by atoms with Crippen LogP contribution in [-0.2, 0) is 14.3 Å². The number of aliphatic hydroxyl groups excluding tert-OH is 2. The van der Waals surface area contributed by atoms with Crippen LogP contribution in [0.15, 0.2) is 35.1 Å². The lowest BCUT2D eigenvalue weighted by Gasteiger charge is -2.62. The molecule has 342 valence electrons. The van der Waals surface area contributed by atoms with E-state index >= 15 is 0 Å². The molecule has 2 heterocycles. The molecule has 17 unspecified atom stereocenters. The Hall–Kier alpha value is -3.21. The first-order valence-electron chi connectivity index (χ1n) is 23.8. The first-order chi connectivity index (χ1) is 29.1. The zero-order valence-corrected chi connectivity index (χ0v) is 37.9. The van der Waals surface area contributed by atoms with Crippen LogP contribution in [0.1, 0.15) is 136 Å². The molecule has 10 N–H and O–H groups in total. The van der Waals surface area contributed by atoms with E-state index in [4.69, 9.17) is 16.2 Å². The van der Waals surface area contributed by atoms with Gasteiger partial charge in [0.1, 0.15) is 0 Å². The summed E-state index contributed by atoms with van der Waals surface area (Å²) in [5.41, 5.74) is 6.47. The van der Waals surface area contributed by atoms with E-state index in [1.807, 2.05) is 25.4 Å². The fourth-order valence-corrected chi connectivity index (χ4v) is 15.5. The van der Waals surface area contributed by atoms with E-state index < -0.39 is 63.5 Å². The van der Waals surface area contributed by atoms with E-state index in [-0.39, 0.29) is 85.1 Å². The monoisotopic (exact) mass is 859 g/mol. The van der Waals surface area contributed by atoms with Crippen LogP contribution in [0.5, 0.6) is 0 Å². The lowest BCUT2D eigenvalue weighted by molar-refractivity contribution is -0.227. The number of ketones is 1. The Balaban J connectivity index is 1.30. The molecule has 12 heteroatoms. The highest BCUT2D eigenvalue weighted by atomic mass is 16.5. The summed E-state index contributed by atoms with van der Waals surface area (Å²) in [7, 11) is 0. The second-order valence-electron chi connectivity index (χ2n) is 22.4. The molecular weight excluding hydrogens is 785 g/mol. The normalized spacial score (nSPS) is 47.6. The molecule has 6 aliphatic carbocycles. The second kappa shape index (κ2) is 16.0. The number of cyclic esters (lactones) is 1. The van der Waals surface area contributed by atoms with Crippen LogP contribution in [-0.4, -0.2) is 90.4 Å². The lowest BCUT2D eigenvalue weighted by Crippen LogP contribution is -2.66. The van der Waals surface area contributed by atoms with Gasteiger partial charge in [0.25, 0.3) is 0 Å². The number of fused-ring (bicyclic) bond motifs is 10. The molecule has 0 amide bonds. The van der Waals surface area contributed by atoms with Gasteiger partial charge in [0, 0.05) is 54.4 Å². The summed E-state index contributed by atoms with van der Waals surface area (Å²) < 4.78 is 5.87. The van der Waals surface area contributed by atoms with Crippen molar-refractivity contribution in [3.63, 3.8) is 0 Å². The molecule has 0 radical (unpaired) electrons. The molecule has 8 rings (SSSR count). The van der Waals surface area contributed by atoms with E-state index in [0.29, 0.717) is 56.4 Å². The molecule has 12 nitrogen and oxygen atoms in total. The average Bonchev–Trinajstić information content (AvgIpc) is 3.91. The highest BCUT2D eigenvalue weighted by Gasteiger charge is 2.74. The van der Waals surface area contributed by atoms with Crippen LogP contribution in [0.4, 0.5) is 0 Å². The Morgan fingerprint density at radius 2 is 1.76 bits per heavy atom. The summed E-state index contributed by atoms with van der Waals surface area (Å²) in [5, 5.41) is 62.9. The molecule has 0 spiro atoms. The van der Waals surface area contributed by atoms with E-state index in [9.17, 15) is 35.1 Å². The molecule has 0 aromatic carbocycles. The number of rotatable bonds is 8. The first-order valence-corrected chi connectivity index (χ1v) is 23.8. The molecule has 1 saturated heterocycles. The minimum atomic E-state index is -1.71. The third kappa shape index (κ3) is 7.01. The summed E-state index contributed by atoms with van der Waals surface area (Å²) in [6, 6.07) is 1.95. The van der Waals surface area contributed by atoms with Crippen molar-refractivity contribution in [2.24, 2.45) is 86.0 Å². The van der Waals surface area contributed by atoms with Crippen LogP contribution in [0.3, 0.4) is 0 Å². The quantitative estimate of drug-likeness (QED) is 0.0746. The minimum Gasteiger partial charge on any atom is -0.465 e. The number of esters is 1. The van der Waals surface area contributed by atoms with Gasteiger partial charge in [-0.3, -0.25) is 14.6 Å². The molecule has 5 fully saturated rings. The highest BCUT2D eigenvalue weighted by Crippen LogP contribution is 2.73. The zero-order valence-electron chi connectivity index (χ0n) is 37.9. The van der Waals surface area contributed by atoms with Gasteiger partial charge in [-0.25, -0.2) is 0 Å². The van der Waals surface area contributed by atoms with Crippen molar-refractivity contribution in [3.05, 3.63) is 35.7 Å². The standard InChI is InChI=1S/C50H74N4O8/c1-28(2)10-13-47-15-16-49(60,22-29(3)30(47)4)46(6,59)42-32(9-7-8-31(23-47)34-27-62-43(58)41(34)33-12-18-53-26-33)24-50(61)36-20-38(55)37-21-39(56)40(57)25-45(37,5)35(36)11-14-48(42,50)17-19-54-44(51)52/h12,18,20,26,28-32,34-35,37,39-42,53,56-57,59-61H,9-11,13-17,19,21-25,27H2,1-6H3,(H4,51,52,54). The molecule has 4 saturated carbocycles. The third-order valence-corrected chi connectivity index (χ3v) is 19.0. The SMILES string of the molecule is CC(C)CCC12CCC(O)(CC(C)C1C)C(C)(O)C1C(CC#CC(C3COC(=O)C3c3cc[nH]c3)C2)CC2(O)C3=CC(=O)C4CC(O)C(O)CC4(C)C3CCC12CCN=C(N)N. The number of nitrogens with two attached hydrogens (primary N) is 2. The van der Waals surface area contributed by atoms with Gasteiger partial charge in [-0.15, -0.1) is 5.92 Å². The van der Waals surface area contributed by atoms with Crippen molar-refractivity contribution in [2.45, 2.75) is 160 Å². The Morgan fingerprint density at radius 1 is 1.00 bits per heavy atom. The summed E-state index contributed by atoms with van der Waals surface area (Å²) in [6.45, 7) is 13.3. The minimum absolute atomic E-state index is 0.00753. The summed E-state index contributed by atoms with van der Waals surface area (Å²) in [6.07, 6.45) is 9.62. The number of H-pyrrole nitrogens is 1. The van der Waals surface area contributed by atoms with Gasteiger partial charge in [-0.2, -0.15) is 0 Å². The predicted octanol–water partition coefficient (Wildman–Crippen LogP) is 5.12. The van der Waals surface area contributed by atoms with Crippen LogP contribution in [0, 0.1) is 81.3 Å². The molecule has 1 aliphatic heterocycles. The fraction of sp³-hybridized carbons (Fsp3) is 0.780. The van der Waals surface area contributed by atoms with Gasteiger partial charge >= 0.3 is 5.97 Å². The van der Waals surface area contributed by atoms with Gasteiger partial charge < -0.3 is 46.7 Å². The predicted molar refractivity (Wildman–Crippen MR) is 236 cm³/mol. The number of guanidine groups is 1. The van der Waals surface area contributed by atoms with Crippen molar-refractivity contribution >= 4 is 17.7 Å². The number of carbonyl (C=O) groups excluding carboxylic acids is 2. The Bertz CT molecular complexity index is 2000. The van der Waals surface area contributed by atoms with E-state index in [0.717, 1.165) is 24.8 Å². The van der Waals surface area contributed by atoms with E-state index in [1.165, 1.54) is 0 Å². The van der Waals surface area contributed by atoms with E-state index in [1.54, 1.807) is 13.0 Å². The number of carbonyl (C=O) groups is 2. The number of hydrogen-bond acceptors (Lipinski definition) is 9. The Morgan fingerprint density at radius 3 is 2.45 bits per heavy atom. The summed E-state index contributed by atoms with van der Waals surface area (Å²) in [5.74, 6) is 4.84. The summed E-state index contributed by atoms with van der Waals surface area (Å²) in [4.78, 5) is 35.4. The van der Waals surface area contributed by atoms with Gasteiger partial charge in [0.2, 0.25) is 0 Å². The number of allylic oxidation sites excluding steroid dienone is 1. The molecule has 1 aromatic heterocycles. The number of aliphatic hydroxyl groups is 5. The maximum Gasteiger partial charge on any atom is 0.313 e. The molecule has 17 atom stereocenters. The number of ether oxygens (including phenoxy) is 1. The van der Waals surface area contributed by atoms with Crippen molar-refractivity contribution in [1.29, 1.82) is 0 Å². The maximum absolute atomic E-state index is 14.3. The van der Waals surface area contributed by atoms with E-state index in [2.05, 4.69) is 49.5 Å². The zero-order chi connectivity index (χ0) is 44.8. The first kappa shape index (κ1) is 45.4. The second-order valence-corrected chi connectivity index (χ2v) is 22.4. The number of hydrogen-bond donors (Lipinski definition) is 8. The van der Waals surface area contributed by atoms with Crippen LogP contribution in [0.25, 0.3) is 0 Å². The third-order valence-electron chi connectivity index (χ3n) is 19.0. The van der Waals surface area contributed by atoms with Crippen molar-refractivity contribution in [1.82, 2.24) is 4.98 Å². The van der Waals surface area contributed by atoms with Crippen molar-refractivity contribution in [2.75, 3.05) is 13.2 Å². The number of aromatic nitrogens is 1. The summed E-state index contributed by atoms with van der Waals surface area (Å²) >= 11 is 0. The van der Waals surface area contributed by atoms with Gasteiger partial charge in [0.05, 0.1) is 41.5 Å². The highest BCUT2D eigenvalue weighted by molar-refractivity contribution is 5.95. The lowest BCUT2D eigenvalue weighted by atomic mass is 9.44. The number of aliphatic imine (C=N–C) groups is 1. The van der Waals surface area contributed by atoms with Crippen molar-refractivity contribution in [3.8, 4) is 11.8 Å².